The summed E-state index contributed by atoms with van der Waals surface area (Å²) >= 11 is 0. The van der Waals surface area contributed by atoms with Crippen LogP contribution in [0.5, 0.6) is 5.75 Å². The largest absolute Gasteiger partial charge is 0.488 e. The van der Waals surface area contributed by atoms with Crippen LogP contribution in [-0.2, 0) is 17.8 Å². The fourth-order valence-electron chi connectivity index (χ4n) is 3.73. The second-order valence-corrected chi connectivity index (χ2v) is 7.87. The van der Waals surface area contributed by atoms with Crippen molar-refractivity contribution in [3.63, 3.8) is 0 Å². The SMILES string of the molecule is N#CC(=Cc1ccccc1OCc1cccc(C(=O)O)c1)C(=O)NCCc1c[nH]c2ccccc12. The van der Waals surface area contributed by atoms with E-state index in [1.165, 1.54) is 12.1 Å². The van der Waals surface area contributed by atoms with Crippen LogP contribution in [0.2, 0.25) is 0 Å². The molecule has 1 aromatic heterocycles. The molecule has 3 aromatic carbocycles. The number of para-hydroxylation sites is 2. The lowest BCUT2D eigenvalue weighted by atomic mass is 10.1. The average molecular weight is 466 g/mol. The number of nitrogens with one attached hydrogen (secondary N) is 2. The number of carbonyl (C=O) groups excluding carboxylic acids is 1. The van der Waals surface area contributed by atoms with Gasteiger partial charge in [0, 0.05) is 29.2 Å². The summed E-state index contributed by atoms with van der Waals surface area (Å²) in [7, 11) is 0. The van der Waals surface area contributed by atoms with Gasteiger partial charge in [0.05, 0.1) is 5.56 Å². The number of fused-ring (bicyclic) bond motifs is 1. The first-order chi connectivity index (χ1) is 17.0. The van der Waals surface area contributed by atoms with Gasteiger partial charge in [-0.3, -0.25) is 4.79 Å². The first-order valence-corrected chi connectivity index (χ1v) is 11.0. The fourth-order valence-corrected chi connectivity index (χ4v) is 3.73. The Bertz CT molecular complexity index is 1450. The van der Waals surface area contributed by atoms with Gasteiger partial charge >= 0.3 is 5.97 Å². The molecule has 35 heavy (non-hydrogen) atoms. The smallest absolute Gasteiger partial charge is 0.335 e. The number of nitrogens with zero attached hydrogens (tertiary/aromatic N) is 1. The molecular weight excluding hydrogens is 442 g/mol. The maximum Gasteiger partial charge on any atom is 0.335 e. The van der Waals surface area contributed by atoms with Crippen molar-refractivity contribution < 1.29 is 19.4 Å². The van der Waals surface area contributed by atoms with Crippen molar-refractivity contribution in [1.29, 1.82) is 5.26 Å². The highest BCUT2D eigenvalue weighted by Crippen LogP contribution is 2.23. The normalized spacial score (nSPS) is 11.1. The third-order valence-corrected chi connectivity index (χ3v) is 5.51. The van der Waals surface area contributed by atoms with Gasteiger partial charge in [-0.2, -0.15) is 5.26 Å². The summed E-state index contributed by atoms with van der Waals surface area (Å²) in [5.74, 6) is -0.992. The second-order valence-electron chi connectivity index (χ2n) is 7.87. The van der Waals surface area contributed by atoms with Crippen molar-refractivity contribution in [2.24, 2.45) is 0 Å². The van der Waals surface area contributed by atoms with Crippen LogP contribution in [-0.4, -0.2) is 28.5 Å². The van der Waals surface area contributed by atoms with E-state index < -0.39 is 11.9 Å². The Morgan fingerprint density at radius 1 is 1.06 bits per heavy atom. The zero-order valence-corrected chi connectivity index (χ0v) is 18.8. The molecule has 0 spiro atoms. The summed E-state index contributed by atoms with van der Waals surface area (Å²) in [6.45, 7) is 0.530. The summed E-state index contributed by atoms with van der Waals surface area (Å²) in [5, 5.41) is 22.7. The number of nitriles is 1. The topological polar surface area (TPSA) is 115 Å². The number of hydrogen-bond acceptors (Lipinski definition) is 4. The number of aromatic nitrogens is 1. The molecule has 7 heteroatoms. The molecule has 0 atom stereocenters. The standard InChI is InChI=1S/C28H23N3O4/c29-16-23(27(32)30-13-12-22-17-31-25-10-3-2-9-24(22)25)15-20-7-1-4-11-26(20)35-18-19-6-5-8-21(14-19)28(33)34/h1-11,14-15,17,31H,12-13,18H2,(H,30,32)(H,33,34). The van der Waals surface area contributed by atoms with E-state index in [2.05, 4.69) is 10.3 Å². The van der Waals surface area contributed by atoms with E-state index in [0.717, 1.165) is 16.5 Å². The van der Waals surface area contributed by atoms with E-state index in [1.807, 2.05) is 36.5 Å². The van der Waals surface area contributed by atoms with Crippen molar-refractivity contribution in [1.82, 2.24) is 10.3 Å². The van der Waals surface area contributed by atoms with Gasteiger partial charge in [-0.25, -0.2) is 4.79 Å². The molecule has 0 aliphatic carbocycles. The van der Waals surface area contributed by atoms with Crippen LogP contribution >= 0.6 is 0 Å². The van der Waals surface area contributed by atoms with E-state index in [4.69, 9.17) is 9.84 Å². The molecule has 0 aliphatic rings. The Morgan fingerprint density at radius 3 is 2.69 bits per heavy atom. The number of ether oxygens (including phenoxy) is 1. The molecule has 0 fully saturated rings. The van der Waals surface area contributed by atoms with Gasteiger partial charge in [-0.1, -0.05) is 48.5 Å². The van der Waals surface area contributed by atoms with Crippen LogP contribution in [0, 0.1) is 11.3 Å². The molecule has 4 aromatic rings. The molecule has 174 valence electrons. The number of aromatic carboxylic acids is 1. The highest BCUT2D eigenvalue weighted by atomic mass is 16.5. The minimum Gasteiger partial charge on any atom is -0.488 e. The van der Waals surface area contributed by atoms with Gasteiger partial charge in [0.15, 0.2) is 0 Å². The summed E-state index contributed by atoms with van der Waals surface area (Å²) in [5.41, 5.74) is 3.54. The average Bonchev–Trinajstić information content (AvgIpc) is 3.29. The molecular formula is C28H23N3O4. The van der Waals surface area contributed by atoms with Crippen LogP contribution in [0.4, 0.5) is 0 Å². The Balaban J connectivity index is 1.42. The molecule has 0 radical (unpaired) electrons. The number of aromatic amines is 1. The maximum atomic E-state index is 12.7. The van der Waals surface area contributed by atoms with Gasteiger partial charge in [0.25, 0.3) is 5.91 Å². The zero-order chi connectivity index (χ0) is 24.6. The lowest BCUT2D eigenvalue weighted by molar-refractivity contribution is -0.117. The third kappa shape index (κ3) is 5.75. The summed E-state index contributed by atoms with van der Waals surface area (Å²) in [6.07, 6.45) is 4.05. The first kappa shape index (κ1) is 23.3. The van der Waals surface area contributed by atoms with E-state index in [-0.39, 0.29) is 17.7 Å². The number of benzene rings is 3. The summed E-state index contributed by atoms with van der Waals surface area (Å²) in [4.78, 5) is 27.0. The van der Waals surface area contributed by atoms with Crippen LogP contribution < -0.4 is 10.1 Å². The molecule has 0 aliphatic heterocycles. The number of carboxylic acids is 1. The van der Waals surface area contributed by atoms with Crippen molar-refractivity contribution >= 4 is 28.9 Å². The van der Waals surface area contributed by atoms with Gasteiger partial charge in [0.2, 0.25) is 0 Å². The molecule has 1 heterocycles. The number of rotatable bonds is 9. The van der Waals surface area contributed by atoms with Gasteiger partial charge in [0.1, 0.15) is 24.0 Å². The third-order valence-electron chi connectivity index (χ3n) is 5.51. The predicted octanol–water partition coefficient (Wildman–Crippen LogP) is 4.71. The quantitative estimate of drug-likeness (QED) is 0.245. The van der Waals surface area contributed by atoms with Crippen LogP contribution in [0.25, 0.3) is 17.0 Å². The minimum atomic E-state index is -1.01. The highest BCUT2D eigenvalue weighted by Gasteiger charge is 2.12. The number of carboxylic acid groups (broad SMARTS) is 1. The molecule has 4 rings (SSSR count). The number of hydrogen-bond donors (Lipinski definition) is 3. The molecule has 0 saturated heterocycles. The van der Waals surface area contributed by atoms with E-state index in [0.29, 0.717) is 29.8 Å². The van der Waals surface area contributed by atoms with E-state index >= 15 is 0 Å². The van der Waals surface area contributed by atoms with Crippen molar-refractivity contribution in [3.05, 3.63) is 107 Å². The summed E-state index contributed by atoms with van der Waals surface area (Å²) in [6, 6.07) is 23.5. The minimum absolute atomic E-state index is 0.0344. The Labute approximate surface area is 202 Å². The molecule has 3 N–H and O–H groups in total. The van der Waals surface area contributed by atoms with Crippen molar-refractivity contribution in [3.8, 4) is 11.8 Å². The van der Waals surface area contributed by atoms with Gasteiger partial charge in [-0.05, 0) is 47.9 Å². The molecule has 0 saturated carbocycles. The van der Waals surface area contributed by atoms with Crippen molar-refractivity contribution in [2.75, 3.05) is 6.54 Å². The second kappa shape index (κ2) is 10.9. The van der Waals surface area contributed by atoms with Gasteiger partial charge in [-0.15, -0.1) is 0 Å². The van der Waals surface area contributed by atoms with Crippen LogP contribution in [0.3, 0.4) is 0 Å². The Hall–Kier alpha value is -4.83. The molecule has 7 nitrogen and oxygen atoms in total. The first-order valence-electron chi connectivity index (χ1n) is 11.0. The highest BCUT2D eigenvalue weighted by molar-refractivity contribution is 6.02. The zero-order valence-electron chi connectivity index (χ0n) is 18.8. The van der Waals surface area contributed by atoms with E-state index in [1.54, 1.807) is 42.5 Å². The number of H-pyrrole nitrogens is 1. The number of amides is 1. The van der Waals surface area contributed by atoms with E-state index in [9.17, 15) is 14.9 Å². The Kier molecular flexibility index (Phi) is 7.24. The maximum absolute atomic E-state index is 12.7. The molecule has 0 unspecified atom stereocenters. The lowest BCUT2D eigenvalue weighted by Crippen LogP contribution is -2.26. The Morgan fingerprint density at radius 2 is 1.86 bits per heavy atom. The van der Waals surface area contributed by atoms with Gasteiger partial charge < -0.3 is 20.1 Å². The monoisotopic (exact) mass is 465 g/mol. The molecule has 1 amide bonds. The number of carbonyl (C=O) groups is 2. The predicted molar refractivity (Wildman–Crippen MR) is 133 cm³/mol. The lowest BCUT2D eigenvalue weighted by Gasteiger charge is -2.10. The molecule has 0 bridgehead atoms. The summed E-state index contributed by atoms with van der Waals surface area (Å²) < 4.78 is 5.87. The fraction of sp³-hybridized carbons (Fsp3) is 0.107. The van der Waals surface area contributed by atoms with Crippen LogP contribution in [0.1, 0.15) is 27.0 Å². The van der Waals surface area contributed by atoms with Crippen LogP contribution in [0.15, 0.2) is 84.6 Å². The van der Waals surface area contributed by atoms with Crippen molar-refractivity contribution in [2.45, 2.75) is 13.0 Å².